The summed E-state index contributed by atoms with van der Waals surface area (Å²) in [4.78, 5) is 25.9. The minimum Gasteiger partial charge on any atom is -0.493 e. The van der Waals surface area contributed by atoms with Crippen LogP contribution in [0.5, 0.6) is 11.5 Å². The fourth-order valence-corrected chi connectivity index (χ4v) is 2.76. The number of nitrogens with one attached hydrogen (secondary N) is 1. The van der Waals surface area contributed by atoms with Crippen molar-refractivity contribution in [2.75, 3.05) is 33.9 Å². The van der Waals surface area contributed by atoms with Gasteiger partial charge in [0.2, 0.25) is 5.91 Å². The molecular weight excluding hydrogens is 312 g/mol. The van der Waals surface area contributed by atoms with Gasteiger partial charge in [0.25, 0.3) is 0 Å². The number of methoxy groups -OCH3 is 2. The molecule has 0 saturated carbocycles. The summed E-state index contributed by atoms with van der Waals surface area (Å²) >= 11 is 0. The molecule has 0 aromatic heterocycles. The fraction of sp³-hybridized carbons (Fsp3) is 0.529. The summed E-state index contributed by atoms with van der Waals surface area (Å²) < 4.78 is 15.5. The van der Waals surface area contributed by atoms with Crippen LogP contribution in [0.3, 0.4) is 0 Å². The predicted octanol–water partition coefficient (Wildman–Crippen LogP) is 0.957. The van der Waals surface area contributed by atoms with Crippen molar-refractivity contribution in [1.82, 2.24) is 10.2 Å². The molecule has 1 aliphatic rings. The normalized spacial score (nSPS) is 18.0. The number of rotatable bonds is 7. The van der Waals surface area contributed by atoms with Crippen LogP contribution in [0.25, 0.3) is 0 Å². The predicted molar refractivity (Wildman–Crippen MR) is 88.0 cm³/mol. The first-order valence-corrected chi connectivity index (χ1v) is 7.97. The Morgan fingerprint density at radius 1 is 1.29 bits per heavy atom. The number of carbonyl (C=O) groups is 2. The van der Waals surface area contributed by atoms with Crippen LogP contribution in [0.15, 0.2) is 18.2 Å². The smallest absolute Gasteiger partial charge is 0.307 e. The Kier molecular flexibility index (Phi) is 6.43. The van der Waals surface area contributed by atoms with Crippen LogP contribution in [-0.2, 0) is 20.9 Å². The molecule has 7 nitrogen and oxygen atoms in total. The van der Waals surface area contributed by atoms with Gasteiger partial charge in [-0.2, -0.15) is 0 Å². The van der Waals surface area contributed by atoms with E-state index in [2.05, 4.69) is 5.32 Å². The Balaban J connectivity index is 2.12. The second-order valence-electron chi connectivity index (χ2n) is 5.48. The van der Waals surface area contributed by atoms with Gasteiger partial charge in [0.1, 0.15) is 6.04 Å². The van der Waals surface area contributed by atoms with Gasteiger partial charge in [0.15, 0.2) is 11.5 Å². The van der Waals surface area contributed by atoms with Gasteiger partial charge >= 0.3 is 5.97 Å². The maximum absolute atomic E-state index is 12.2. The highest BCUT2D eigenvalue weighted by Gasteiger charge is 2.32. The molecule has 1 aromatic carbocycles. The second kappa shape index (κ2) is 8.54. The van der Waals surface area contributed by atoms with Crippen LogP contribution in [0.1, 0.15) is 18.9 Å². The zero-order valence-corrected chi connectivity index (χ0v) is 14.3. The van der Waals surface area contributed by atoms with Gasteiger partial charge in [-0.05, 0) is 24.6 Å². The highest BCUT2D eigenvalue weighted by atomic mass is 16.5. The Morgan fingerprint density at radius 2 is 2.04 bits per heavy atom. The maximum Gasteiger partial charge on any atom is 0.307 e. The first-order valence-electron chi connectivity index (χ1n) is 7.97. The first kappa shape index (κ1) is 18.1. The molecule has 2 rings (SSSR count). The van der Waals surface area contributed by atoms with Gasteiger partial charge in [-0.15, -0.1) is 0 Å². The van der Waals surface area contributed by atoms with E-state index in [1.165, 1.54) is 0 Å². The third kappa shape index (κ3) is 4.38. The molecule has 0 aliphatic carbocycles. The van der Waals surface area contributed by atoms with E-state index in [-0.39, 0.29) is 18.3 Å². The number of piperazine rings is 1. The number of amides is 1. The van der Waals surface area contributed by atoms with Crippen molar-refractivity contribution < 1.29 is 23.8 Å². The van der Waals surface area contributed by atoms with Crippen molar-refractivity contribution >= 4 is 11.9 Å². The molecule has 1 aromatic rings. The largest absolute Gasteiger partial charge is 0.493 e. The molecule has 1 saturated heterocycles. The van der Waals surface area contributed by atoms with Gasteiger partial charge in [-0.25, -0.2) is 0 Å². The highest BCUT2D eigenvalue weighted by molar-refractivity contribution is 5.87. The Bertz CT molecular complexity index is 590. The van der Waals surface area contributed by atoms with Gasteiger partial charge in [-0.3, -0.25) is 14.5 Å². The molecule has 0 bridgehead atoms. The van der Waals surface area contributed by atoms with Crippen LogP contribution in [-0.4, -0.2) is 56.7 Å². The van der Waals surface area contributed by atoms with Crippen LogP contribution in [0.4, 0.5) is 0 Å². The molecule has 1 amide bonds. The van der Waals surface area contributed by atoms with E-state index in [1.807, 2.05) is 23.1 Å². The Labute approximate surface area is 141 Å². The summed E-state index contributed by atoms with van der Waals surface area (Å²) in [6, 6.07) is 5.12. The molecular formula is C17H24N2O5. The van der Waals surface area contributed by atoms with Gasteiger partial charge < -0.3 is 19.5 Å². The lowest BCUT2D eigenvalue weighted by Crippen LogP contribution is -2.55. The lowest BCUT2D eigenvalue weighted by Gasteiger charge is -2.34. The van der Waals surface area contributed by atoms with E-state index in [9.17, 15) is 9.59 Å². The van der Waals surface area contributed by atoms with Crippen molar-refractivity contribution in [1.29, 1.82) is 0 Å². The van der Waals surface area contributed by atoms with E-state index in [0.717, 1.165) is 5.56 Å². The van der Waals surface area contributed by atoms with Gasteiger partial charge in [0, 0.05) is 19.6 Å². The van der Waals surface area contributed by atoms with Crippen molar-refractivity contribution in [3.8, 4) is 11.5 Å². The van der Waals surface area contributed by atoms with E-state index >= 15 is 0 Å². The monoisotopic (exact) mass is 336 g/mol. The number of benzene rings is 1. The first-order chi connectivity index (χ1) is 11.6. The van der Waals surface area contributed by atoms with Crippen molar-refractivity contribution in [3.05, 3.63) is 23.8 Å². The van der Waals surface area contributed by atoms with Crippen molar-refractivity contribution in [2.45, 2.75) is 25.9 Å². The molecule has 0 spiro atoms. The number of nitrogens with zero attached hydrogens (tertiary/aromatic N) is 1. The molecule has 0 radical (unpaired) electrons. The summed E-state index contributed by atoms with van der Waals surface area (Å²) in [7, 11) is 3.17. The molecule has 1 atom stereocenters. The molecule has 1 N–H and O–H groups in total. The summed E-state index contributed by atoms with van der Waals surface area (Å²) in [5.74, 6) is 0.783. The average Bonchev–Trinajstić information content (AvgIpc) is 2.58. The number of hydrogen-bond acceptors (Lipinski definition) is 6. The van der Waals surface area contributed by atoms with Crippen LogP contribution in [0, 0.1) is 0 Å². The van der Waals surface area contributed by atoms with Gasteiger partial charge in [-0.1, -0.05) is 6.07 Å². The summed E-state index contributed by atoms with van der Waals surface area (Å²) in [6.45, 7) is 3.83. The Morgan fingerprint density at radius 3 is 2.71 bits per heavy atom. The zero-order chi connectivity index (χ0) is 17.5. The molecule has 1 aliphatic heterocycles. The van der Waals surface area contributed by atoms with Crippen LogP contribution >= 0.6 is 0 Å². The lowest BCUT2D eigenvalue weighted by molar-refractivity contribution is -0.148. The van der Waals surface area contributed by atoms with Crippen molar-refractivity contribution in [2.24, 2.45) is 0 Å². The maximum atomic E-state index is 12.2. The van der Waals surface area contributed by atoms with E-state index in [4.69, 9.17) is 14.2 Å². The molecule has 1 heterocycles. The SMILES string of the molecule is CCOC(=O)C[C@@H]1C(=O)NCCN1Cc1ccc(OC)c(OC)c1. The summed E-state index contributed by atoms with van der Waals surface area (Å²) in [5, 5.41) is 2.80. The minimum absolute atomic E-state index is 0.0486. The van der Waals surface area contributed by atoms with Crippen LogP contribution < -0.4 is 14.8 Å². The Hall–Kier alpha value is -2.28. The zero-order valence-electron chi connectivity index (χ0n) is 14.3. The molecule has 24 heavy (non-hydrogen) atoms. The summed E-state index contributed by atoms with van der Waals surface area (Å²) in [6.07, 6.45) is 0.0486. The van der Waals surface area contributed by atoms with E-state index < -0.39 is 6.04 Å². The fourth-order valence-electron chi connectivity index (χ4n) is 2.76. The lowest BCUT2D eigenvalue weighted by atomic mass is 10.1. The number of carbonyl (C=O) groups excluding carboxylic acids is 2. The number of esters is 1. The number of ether oxygens (including phenoxy) is 3. The summed E-state index contributed by atoms with van der Waals surface area (Å²) in [5.41, 5.74) is 0.983. The van der Waals surface area contributed by atoms with E-state index in [0.29, 0.717) is 37.7 Å². The average molecular weight is 336 g/mol. The third-order valence-corrected chi connectivity index (χ3v) is 3.94. The standard InChI is InChI=1S/C17H24N2O5/c1-4-24-16(20)10-13-17(21)18-7-8-19(13)11-12-5-6-14(22-2)15(9-12)23-3/h5-6,9,13H,4,7-8,10-11H2,1-3H3,(H,18,21)/t13-/m1/s1. The second-order valence-corrected chi connectivity index (χ2v) is 5.48. The minimum atomic E-state index is -0.522. The quantitative estimate of drug-likeness (QED) is 0.747. The van der Waals surface area contributed by atoms with E-state index in [1.54, 1.807) is 21.1 Å². The molecule has 132 valence electrons. The van der Waals surface area contributed by atoms with Gasteiger partial charge in [0.05, 0.1) is 27.2 Å². The molecule has 1 fully saturated rings. The third-order valence-electron chi connectivity index (χ3n) is 3.94. The van der Waals surface area contributed by atoms with Crippen LogP contribution in [0.2, 0.25) is 0 Å². The number of hydrogen-bond donors (Lipinski definition) is 1. The topological polar surface area (TPSA) is 77.1 Å². The highest BCUT2D eigenvalue weighted by Crippen LogP contribution is 2.28. The van der Waals surface area contributed by atoms with Crippen molar-refractivity contribution in [3.63, 3.8) is 0 Å². The molecule has 0 unspecified atom stereocenters. The molecule has 7 heteroatoms.